The Kier molecular flexibility index (Phi) is 5.84. The molecule has 7 heteroatoms. The average Bonchev–Trinajstić information content (AvgIpc) is 2.64. The van der Waals surface area contributed by atoms with Gasteiger partial charge in [0, 0.05) is 11.8 Å². The van der Waals surface area contributed by atoms with Crippen molar-refractivity contribution in [2.24, 2.45) is 0 Å². The van der Waals surface area contributed by atoms with Gasteiger partial charge >= 0.3 is 0 Å². The second-order valence-corrected chi connectivity index (χ2v) is 6.43. The minimum atomic E-state index is -0.410. The number of anilines is 3. The summed E-state index contributed by atoms with van der Waals surface area (Å²) in [6.07, 6.45) is 0.0205. The molecule has 0 fully saturated rings. The summed E-state index contributed by atoms with van der Waals surface area (Å²) < 4.78 is 18.8. The van der Waals surface area contributed by atoms with E-state index in [0.717, 1.165) is 5.69 Å². The molecule has 1 heterocycles. The van der Waals surface area contributed by atoms with Crippen molar-refractivity contribution >= 4 is 23.1 Å². The van der Waals surface area contributed by atoms with Gasteiger partial charge in [0.2, 0.25) is 0 Å². The van der Waals surface area contributed by atoms with E-state index < -0.39 is 5.91 Å². The number of amides is 1. The Labute approximate surface area is 162 Å². The molecule has 144 valence electrons. The number of hydrogen-bond donors (Lipinski definition) is 2. The lowest BCUT2D eigenvalue weighted by Crippen LogP contribution is -2.15. The van der Waals surface area contributed by atoms with Gasteiger partial charge in [0.05, 0.1) is 11.8 Å². The molecular weight excluding hydrogens is 359 g/mol. The van der Waals surface area contributed by atoms with Crippen LogP contribution in [0.15, 0.2) is 54.6 Å². The number of rotatable bonds is 6. The topological polar surface area (TPSA) is 76.1 Å². The normalized spacial score (nSPS) is 10.6. The van der Waals surface area contributed by atoms with E-state index in [2.05, 4.69) is 20.6 Å². The number of aromatic nitrogens is 2. The van der Waals surface area contributed by atoms with Crippen LogP contribution in [-0.4, -0.2) is 22.0 Å². The van der Waals surface area contributed by atoms with Crippen LogP contribution in [0.1, 0.15) is 30.2 Å². The van der Waals surface area contributed by atoms with Crippen molar-refractivity contribution in [3.05, 3.63) is 71.9 Å². The van der Waals surface area contributed by atoms with Crippen LogP contribution in [0.3, 0.4) is 0 Å². The van der Waals surface area contributed by atoms with E-state index in [1.165, 1.54) is 24.3 Å². The fourth-order valence-corrected chi connectivity index (χ4v) is 2.54. The summed E-state index contributed by atoms with van der Waals surface area (Å²) in [5.74, 6) is 0.815. The molecule has 0 aliphatic rings. The summed E-state index contributed by atoms with van der Waals surface area (Å²) in [6, 6.07) is 14.6. The van der Waals surface area contributed by atoms with Gasteiger partial charge < -0.3 is 15.4 Å². The number of benzene rings is 2. The number of para-hydroxylation sites is 2. The molecular formula is C21H21FN4O2. The molecule has 0 spiro atoms. The molecule has 0 saturated heterocycles. The van der Waals surface area contributed by atoms with Gasteiger partial charge in [-0.2, -0.15) is 0 Å². The number of nitrogens with one attached hydrogen (secondary N) is 2. The Morgan fingerprint density at radius 2 is 1.79 bits per heavy atom. The molecule has 2 N–H and O–H groups in total. The fraction of sp³-hybridized carbons (Fsp3) is 0.190. The van der Waals surface area contributed by atoms with Crippen LogP contribution in [0, 0.1) is 12.7 Å². The fourth-order valence-electron chi connectivity index (χ4n) is 2.54. The largest absolute Gasteiger partial charge is 0.489 e. The van der Waals surface area contributed by atoms with Crippen molar-refractivity contribution in [2.75, 3.05) is 10.6 Å². The third kappa shape index (κ3) is 5.03. The number of carbonyl (C=O) groups is 1. The molecule has 3 rings (SSSR count). The molecule has 0 saturated carbocycles. The summed E-state index contributed by atoms with van der Waals surface area (Å²) in [7, 11) is 0. The summed E-state index contributed by atoms with van der Waals surface area (Å²) in [5.41, 5.74) is 1.41. The highest BCUT2D eigenvalue weighted by atomic mass is 19.1. The molecule has 0 atom stereocenters. The molecule has 28 heavy (non-hydrogen) atoms. The first-order valence-corrected chi connectivity index (χ1v) is 8.86. The number of halogens is 1. The Morgan fingerprint density at radius 3 is 2.50 bits per heavy atom. The van der Waals surface area contributed by atoms with Crippen molar-refractivity contribution in [3.63, 3.8) is 0 Å². The highest BCUT2D eigenvalue weighted by Crippen LogP contribution is 2.28. The van der Waals surface area contributed by atoms with E-state index in [4.69, 9.17) is 4.74 Å². The number of aryl methyl sites for hydroxylation is 1. The summed E-state index contributed by atoms with van der Waals surface area (Å²) in [6.45, 7) is 5.60. The molecule has 0 aliphatic carbocycles. The van der Waals surface area contributed by atoms with Gasteiger partial charge in [-0.1, -0.05) is 12.1 Å². The Hall–Kier alpha value is -3.48. The van der Waals surface area contributed by atoms with Gasteiger partial charge in [-0.25, -0.2) is 14.4 Å². The molecule has 0 aliphatic heterocycles. The van der Waals surface area contributed by atoms with Crippen LogP contribution in [0.25, 0.3) is 0 Å². The van der Waals surface area contributed by atoms with Crippen molar-refractivity contribution in [1.82, 2.24) is 9.97 Å². The van der Waals surface area contributed by atoms with E-state index in [-0.39, 0.29) is 17.6 Å². The van der Waals surface area contributed by atoms with Crippen molar-refractivity contribution in [1.29, 1.82) is 0 Å². The third-order valence-corrected chi connectivity index (χ3v) is 3.69. The van der Waals surface area contributed by atoms with Crippen molar-refractivity contribution in [3.8, 4) is 5.75 Å². The molecule has 0 radical (unpaired) electrons. The monoisotopic (exact) mass is 380 g/mol. The second-order valence-electron chi connectivity index (χ2n) is 6.43. The van der Waals surface area contributed by atoms with Crippen LogP contribution in [-0.2, 0) is 0 Å². The van der Waals surface area contributed by atoms with Crippen molar-refractivity contribution < 1.29 is 13.9 Å². The second kappa shape index (κ2) is 8.47. The predicted octanol–water partition coefficient (Wildman–Crippen LogP) is 4.71. The molecule has 1 amide bonds. The van der Waals surface area contributed by atoms with Gasteiger partial charge in [-0.15, -0.1) is 0 Å². The molecule has 2 aromatic carbocycles. The first-order chi connectivity index (χ1) is 13.4. The number of hydrogen-bond acceptors (Lipinski definition) is 5. The third-order valence-electron chi connectivity index (χ3n) is 3.69. The SMILES string of the molecule is Cc1nc(Nc2ccccc2OC(C)C)cc(C(=O)Nc2ccc(F)cc2)n1. The van der Waals surface area contributed by atoms with Crippen LogP contribution in [0.2, 0.25) is 0 Å². The lowest BCUT2D eigenvalue weighted by molar-refractivity contribution is 0.102. The Balaban J connectivity index is 1.82. The minimum Gasteiger partial charge on any atom is -0.489 e. The van der Waals surface area contributed by atoms with Crippen LogP contribution in [0.4, 0.5) is 21.6 Å². The smallest absolute Gasteiger partial charge is 0.274 e. The van der Waals surface area contributed by atoms with E-state index >= 15 is 0 Å². The maximum atomic E-state index is 13.0. The maximum absolute atomic E-state index is 13.0. The number of nitrogens with zero attached hydrogens (tertiary/aromatic N) is 2. The molecule has 3 aromatic rings. The van der Waals surface area contributed by atoms with Crippen LogP contribution < -0.4 is 15.4 Å². The standard InChI is InChI=1S/C21H21FN4O2/c1-13(2)28-19-7-5-4-6-17(19)26-20-12-18(23-14(3)24-20)21(27)25-16-10-8-15(22)9-11-16/h4-13H,1-3H3,(H,25,27)(H,23,24,26). The molecule has 0 unspecified atom stereocenters. The van der Waals surface area contributed by atoms with Gasteiger partial charge in [0.1, 0.15) is 28.9 Å². The Morgan fingerprint density at radius 1 is 1.07 bits per heavy atom. The number of carbonyl (C=O) groups excluding carboxylic acids is 1. The maximum Gasteiger partial charge on any atom is 0.274 e. The van der Waals surface area contributed by atoms with Crippen LogP contribution in [0.5, 0.6) is 5.75 Å². The molecule has 1 aromatic heterocycles. The minimum absolute atomic E-state index is 0.0205. The first kappa shape index (κ1) is 19.3. The summed E-state index contributed by atoms with van der Waals surface area (Å²) in [5, 5.41) is 5.87. The zero-order chi connectivity index (χ0) is 20.1. The van der Waals surface area contributed by atoms with E-state index in [9.17, 15) is 9.18 Å². The van der Waals surface area contributed by atoms with E-state index in [0.29, 0.717) is 23.1 Å². The van der Waals surface area contributed by atoms with Gasteiger partial charge in [0.25, 0.3) is 5.91 Å². The molecule has 6 nitrogen and oxygen atoms in total. The predicted molar refractivity (Wildman–Crippen MR) is 107 cm³/mol. The zero-order valence-corrected chi connectivity index (χ0v) is 15.9. The average molecular weight is 380 g/mol. The highest BCUT2D eigenvalue weighted by Gasteiger charge is 2.13. The highest BCUT2D eigenvalue weighted by molar-refractivity contribution is 6.03. The summed E-state index contributed by atoms with van der Waals surface area (Å²) in [4.78, 5) is 21.1. The molecule has 0 bridgehead atoms. The van der Waals surface area contributed by atoms with E-state index in [1.54, 1.807) is 13.0 Å². The zero-order valence-electron chi connectivity index (χ0n) is 15.9. The van der Waals surface area contributed by atoms with E-state index in [1.807, 2.05) is 38.1 Å². The van der Waals surface area contributed by atoms with Crippen LogP contribution >= 0.6 is 0 Å². The quantitative estimate of drug-likeness (QED) is 0.648. The van der Waals surface area contributed by atoms with Gasteiger partial charge in [0.15, 0.2) is 0 Å². The first-order valence-electron chi connectivity index (χ1n) is 8.86. The Bertz CT molecular complexity index is 974. The summed E-state index contributed by atoms with van der Waals surface area (Å²) >= 11 is 0. The van der Waals surface area contributed by atoms with Gasteiger partial charge in [-0.05, 0) is 57.2 Å². The van der Waals surface area contributed by atoms with Crippen molar-refractivity contribution in [2.45, 2.75) is 26.9 Å². The number of ether oxygens (including phenoxy) is 1. The van der Waals surface area contributed by atoms with Gasteiger partial charge in [-0.3, -0.25) is 4.79 Å². The lowest BCUT2D eigenvalue weighted by atomic mass is 10.2. The lowest BCUT2D eigenvalue weighted by Gasteiger charge is -2.15.